The molecule has 2 nitrogen and oxygen atoms in total. The van der Waals surface area contributed by atoms with E-state index in [4.69, 9.17) is 4.74 Å². The van der Waals surface area contributed by atoms with E-state index in [1.165, 1.54) is 18.2 Å². The normalized spacial score (nSPS) is 9.93. The molecule has 1 aromatic heterocycles. The second kappa shape index (κ2) is 4.55. The van der Waals surface area contributed by atoms with Crippen LogP contribution in [-0.2, 0) is 6.61 Å². The molecule has 0 fully saturated rings. The Morgan fingerprint density at radius 2 is 2.07 bits per heavy atom. The number of aromatic nitrogens is 1. The maximum absolute atomic E-state index is 12.8. The molecule has 0 saturated heterocycles. The van der Waals surface area contributed by atoms with Crippen molar-refractivity contribution in [2.45, 2.75) is 6.61 Å². The molecule has 0 bridgehead atoms. The molecule has 75 valence electrons. The summed E-state index contributed by atoms with van der Waals surface area (Å²) >= 11 is 0. The lowest BCUT2D eigenvalue weighted by Crippen LogP contribution is -1.95. The second-order valence-corrected chi connectivity index (χ2v) is 3.02. The zero-order valence-electron chi connectivity index (χ0n) is 7.98. The van der Waals surface area contributed by atoms with Crippen LogP contribution in [0.4, 0.5) is 4.39 Å². The summed E-state index contributed by atoms with van der Waals surface area (Å²) in [6.07, 6.45) is 3.38. The SMILES string of the molecule is Fc1cc[c]c(OCc2ccncc2)c1. The summed E-state index contributed by atoms with van der Waals surface area (Å²) in [4.78, 5) is 3.89. The highest BCUT2D eigenvalue weighted by atomic mass is 19.1. The Labute approximate surface area is 87.4 Å². The number of benzene rings is 1. The summed E-state index contributed by atoms with van der Waals surface area (Å²) in [6.45, 7) is 0.391. The van der Waals surface area contributed by atoms with Crippen LogP contribution in [0, 0.1) is 11.9 Å². The largest absolute Gasteiger partial charge is 0.488 e. The van der Waals surface area contributed by atoms with E-state index < -0.39 is 0 Å². The number of hydrogen-bond donors (Lipinski definition) is 0. The van der Waals surface area contributed by atoms with Gasteiger partial charge in [0.1, 0.15) is 18.2 Å². The lowest BCUT2D eigenvalue weighted by molar-refractivity contribution is 0.304. The molecule has 0 saturated carbocycles. The molecule has 0 unspecified atom stereocenters. The highest BCUT2D eigenvalue weighted by Gasteiger charge is 1.97. The van der Waals surface area contributed by atoms with Crippen LogP contribution in [0.1, 0.15) is 5.56 Å². The third kappa shape index (κ3) is 2.77. The van der Waals surface area contributed by atoms with Crippen molar-refractivity contribution >= 4 is 0 Å². The molecule has 1 aromatic carbocycles. The molecular weight excluding hydrogens is 193 g/mol. The predicted molar refractivity (Wildman–Crippen MR) is 53.8 cm³/mol. The van der Waals surface area contributed by atoms with Gasteiger partial charge in [0, 0.05) is 24.5 Å². The van der Waals surface area contributed by atoms with Crippen LogP contribution in [0.15, 0.2) is 42.7 Å². The fourth-order valence-electron chi connectivity index (χ4n) is 1.14. The molecule has 2 rings (SSSR count). The Bertz CT molecular complexity index is 431. The highest BCUT2D eigenvalue weighted by molar-refractivity contribution is 5.21. The summed E-state index contributed by atoms with van der Waals surface area (Å²) in [7, 11) is 0. The van der Waals surface area contributed by atoms with Crippen LogP contribution in [-0.4, -0.2) is 4.98 Å². The van der Waals surface area contributed by atoms with Crippen molar-refractivity contribution in [2.24, 2.45) is 0 Å². The van der Waals surface area contributed by atoms with E-state index >= 15 is 0 Å². The average Bonchev–Trinajstić information content (AvgIpc) is 2.28. The van der Waals surface area contributed by atoms with Crippen molar-refractivity contribution < 1.29 is 9.13 Å². The maximum Gasteiger partial charge on any atom is 0.130 e. The van der Waals surface area contributed by atoms with Gasteiger partial charge in [-0.3, -0.25) is 4.98 Å². The van der Waals surface area contributed by atoms with E-state index in [-0.39, 0.29) is 5.82 Å². The van der Waals surface area contributed by atoms with Gasteiger partial charge in [-0.2, -0.15) is 0 Å². The first-order valence-corrected chi connectivity index (χ1v) is 4.53. The summed E-state index contributed by atoms with van der Waals surface area (Å²) < 4.78 is 18.1. The molecule has 0 atom stereocenters. The van der Waals surface area contributed by atoms with Crippen LogP contribution >= 0.6 is 0 Å². The van der Waals surface area contributed by atoms with Crippen molar-refractivity contribution in [1.29, 1.82) is 0 Å². The first-order chi connectivity index (χ1) is 7.34. The van der Waals surface area contributed by atoms with Crippen LogP contribution in [0.2, 0.25) is 0 Å². The van der Waals surface area contributed by atoms with Gasteiger partial charge in [0.05, 0.1) is 0 Å². The lowest BCUT2D eigenvalue weighted by atomic mass is 10.3. The standard InChI is InChI=1S/C12H9FNO/c13-11-2-1-3-12(8-11)15-9-10-4-6-14-7-5-10/h1-2,4-8H,9H2. The van der Waals surface area contributed by atoms with Gasteiger partial charge in [-0.1, -0.05) is 0 Å². The molecule has 3 heteroatoms. The van der Waals surface area contributed by atoms with Gasteiger partial charge in [-0.25, -0.2) is 4.39 Å². The number of pyridine rings is 1. The maximum atomic E-state index is 12.8. The van der Waals surface area contributed by atoms with E-state index in [1.807, 2.05) is 12.1 Å². The summed E-state index contributed by atoms with van der Waals surface area (Å²) in [5.41, 5.74) is 0.989. The fraction of sp³-hybridized carbons (Fsp3) is 0.0833. The molecule has 0 N–H and O–H groups in total. The summed E-state index contributed by atoms with van der Waals surface area (Å²) in [5, 5.41) is 0. The molecule has 1 radical (unpaired) electrons. The molecule has 0 amide bonds. The Kier molecular flexibility index (Phi) is 2.93. The Balaban J connectivity index is 1.99. The fourth-order valence-corrected chi connectivity index (χ4v) is 1.14. The van der Waals surface area contributed by atoms with Gasteiger partial charge >= 0.3 is 0 Å². The first kappa shape index (κ1) is 9.65. The van der Waals surface area contributed by atoms with Crippen LogP contribution in [0.3, 0.4) is 0 Å². The Morgan fingerprint density at radius 1 is 1.27 bits per heavy atom. The molecule has 15 heavy (non-hydrogen) atoms. The summed E-state index contributed by atoms with van der Waals surface area (Å²) in [5.74, 6) is 0.0882. The van der Waals surface area contributed by atoms with Crippen molar-refractivity contribution in [3.63, 3.8) is 0 Å². The molecular formula is C12H9FNO. The Morgan fingerprint density at radius 3 is 2.80 bits per heavy atom. The van der Waals surface area contributed by atoms with E-state index in [9.17, 15) is 4.39 Å². The Hall–Kier alpha value is -1.90. The van der Waals surface area contributed by atoms with Gasteiger partial charge in [-0.15, -0.1) is 0 Å². The van der Waals surface area contributed by atoms with Crippen LogP contribution in [0.5, 0.6) is 5.75 Å². The van der Waals surface area contributed by atoms with Crippen molar-refractivity contribution in [3.05, 3.63) is 60.2 Å². The molecule has 0 spiro atoms. The quantitative estimate of drug-likeness (QED) is 0.763. The van der Waals surface area contributed by atoms with Crippen molar-refractivity contribution in [3.8, 4) is 5.75 Å². The van der Waals surface area contributed by atoms with E-state index in [1.54, 1.807) is 12.4 Å². The minimum absolute atomic E-state index is 0.321. The second-order valence-electron chi connectivity index (χ2n) is 3.02. The van der Waals surface area contributed by atoms with Gasteiger partial charge in [0.25, 0.3) is 0 Å². The summed E-state index contributed by atoms with van der Waals surface area (Å²) in [6, 6.07) is 10.6. The number of ether oxygens (including phenoxy) is 1. The average molecular weight is 202 g/mol. The van der Waals surface area contributed by atoms with Gasteiger partial charge in [0.2, 0.25) is 0 Å². The molecule has 0 aliphatic carbocycles. The third-order valence-electron chi connectivity index (χ3n) is 1.88. The smallest absolute Gasteiger partial charge is 0.130 e. The lowest BCUT2D eigenvalue weighted by Gasteiger charge is -2.05. The highest BCUT2D eigenvalue weighted by Crippen LogP contribution is 2.12. The van der Waals surface area contributed by atoms with Gasteiger partial charge < -0.3 is 4.74 Å². The topological polar surface area (TPSA) is 22.1 Å². The number of halogens is 1. The molecule has 0 aliphatic heterocycles. The van der Waals surface area contributed by atoms with Crippen molar-refractivity contribution in [2.75, 3.05) is 0 Å². The molecule has 0 aliphatic rings. The van der Waals surface area contributed by atoms with E-state index in [2.05, 4.69) is 11.1 Å². The van der Waals surface area contributed by atoms with Gasteiger partial charge in [0.15, 0.2) is 0 Å². The zero-order valence-corrected chi connectivity index (χ0v) is 7.98. The van der Waals surface area contributed by atoms with Crippen LogP contribution in [0.25, 0.3) is 0 Å². The van der Waals surface area contributed by atoms with Crippen LogP contribution < -0.4 is 4.74 Å². The minimum atomic E-state index is -0.321. The number of hydrogen-bond acceptors (Lipinski definition) is 2. The minimum Gasteiger partial charge on any atom is -0.488 e. The predicted octanol–water partition coefficient (Wildman–Crippen LogP) is 2.60. The number of rotatable bonds is 3. The van der Waals surface area contributed by atoms with Crippen molar-refractivity contribution in [1.82, 2.24) is 4.98 Å². The van der Waals surface area contributed by atoms with Gasteiger partial charge in [-0.05, 0) is 29.8 Å². The van der Waals surface area contributed by atoms with E-state index in [0.29, 0.717) is 12.4 Å². The van der Waals surface area contributed by atoms with E-state index in [0.717, 1.165) is 5.56 Å². The zero-order chi connectivity index (χ0) is 10.5. The number of nitrogens with zero attached hydrogens (tertiary/aromatic N) is 1. The molecule has 1 heterocycles. The molecule has 2 aromatic rings. The first-order valence-electron chi connectivity index (χ1n) is 4.53. The monoisotopic (exact) mass is 202 g/mol. The third-order valence-corrected chi connectivity index (χ3v) is 1.88.